The summed E-state index contributed by atoms with van der Waals surface area (Å²) in [7, 11) is 6.62. The van der Waals surface area contributed by atoms with Crippen molar-refractivity contribution in [2.24, 2.45) is 0 Å². The Bertz CT molecular complexity index is 941. The van der Waals surface area contributed by atoms with E-state index in [0.717, 1.165) is 30.5 Å². The Kier molecular flexibility index (Phi) is 5.19. The number of hydrogen-bond acceptors (Lipinski definition) is 4. The molecule has 0 N–H and O–H groups in total. The zero-order valence-corrected chi connectivity index (χ0v) is 15.7. The highest BCUT2D eigenvalue weighted by atomic mass is 16.2. The smallest absolute Gasteiger partial charge is 0.256 e. The van der Waals surface area contributed by atoms with E-state index in [2.05, 4.69) is 15.0 Å². The average Bonchev–Trinajstić information content (AvgIpc) is 2.75. The molecule has 2 radical (unpaired) electrons. The van der Waals surface area contributed by atoms with Gasteiger partial charge in [-0.2, -0.15) is 0 Å². The number of likely N-dealkylation sites (tertiary alicyclic amines) is 1. The van der Waals surface area contributed by atoms with Crippen molar-refractivity contribution in [3.05, 3.63) is 78.5 Å². The molecule has 28 heavy (non-hydrogen) atoms. The lowest BCUT2D eigenvalue weighted by Crippen LogP contribution is -2.41. The lowest BCUT2D eigenvalue weighted by molar-refractivity contribution is 0.0699. The molecule has 138 valence electrons. The van der Waals surface area contributed by atoms with Crippen molar-refractivity contribution in [2.45, 2.75) is 24.6 Å². The number of amides is 1. The molecular weight excluding hydrogens is 347 g/mol. The average molecular weight is 368 g/mol. The first-order valence-electron chi connectivity index (χ1n) is 9.48. The van der Waals surface area contributed by atoms with Crippen molar-refractivity contribution in [2.75, 3.05) is 13.1 Å². The molecule has 1 saturated heterocycles. The van der Waals surface area contributed by atoms with E-state index in [4.69, 9.17) is 7.85 Å². The minimum absolute atomic E-state index is 0.000187. The minimum atomic E-state index is -0.325. The van der Waals surface area contributed by atoms with Crippen LogP contribution in [-0.4, -0.2) is 46.7 Å². The molecule has 4 heterocycles. The Hall–Kier alpha value is -3.02. The molecule has 0 saturated carbocycles. The Labute approximate surface area is 166 Å². The number of hydrogen-bond donors (Lipinski definition) is 0. The van der Waals surface area contributed by atoms with Crippen LogP contribution in [0.25, 0.3) is 11.3 Å². The second kappa shape index (κ2) is 7.93. The first-order valence-corrected chi connectivity index (χ1v) is 9.48. The predicted octanol–water partition coefficient (Wildman–Crippen LogP) is 3.34. The van der Waals surface area contributed by atoms with Crippen molar-refractivity contribution in [1.29, 1.82) is 0 Å². The van der Waals surface area contributed by atoms with Gasteiger partial charge >= 0.3 is 0 Å². The van der Waals surface area contributed by atoms with E-state index in [0.29, 0.717) is 24.3 Å². The van der Waals surface area contributed by atoms with Gasteiger partial charge in [0, 0.05) is 49.1 Å². The Morgan fingerprint density at radius 3 is 2.43 bits per heavy atom. The van der Waals surface area contributed by atoms with Gasteiger partial charge in [-0.05, 0) is 55.7 Å². The zero-order chi connectivity index (χ0) is 19.4. The summed E-state index contributed by atoms with van der Waals surface area (Å²) in [6, 6.07) is 13.3. The van der Waals surface area contributed by atoms with Gasteiger partial charge in [-0.1, -0.05) is 11.4 Å². The number of aromatic nitrogens is 3. The van der Waals surface area contributed by atoms with E-state index >= 15 is 0 Å². The van der Waals surface area contributed by atoms with Gasteiger partial charge in [0.05, 0.1) is 19.1 Å². The van der Waals surface area contributed by atoms with Gasteiger partial charge in [-0.3, -0.25) is 19.7 Å². The number of carbonyl (C=O) groups excluding carboxylic acids is 1. The summed E-state index contributed by atoms with van der Waals surface area (Å²) in [5, 5.41) is -0.325. The molecule has 0 aliphatic carbocycles. The first-order chi connectivity index (χ1) is 13.6. The van der Waals surface area contributed by atoms with Crippen molar-refractivity contribution in [3.8, 4) is 11.3 Å². The van der Waals surface area contributed by atoms with Crippen molar-refractivity contribution in [3.63, 3.8) is 0 Å². The maximum Gasteiger partial charge on any atom is 0.256 e. The molecule has 3 aromatic rings. The third kappa shape index (κ3) is 3.96. The maximum absolute atomic E-state index is 13.2. The van der Waals surface area contributed by atoms with E-state index < -0.39 is 0 Å². The van der Waals surface area contributed by atoms with Crippen LogP contribution in [0.1, 0.15) is 28.9 Å². The third-order valence-electron chi connectivity index (χ3n) is 5.30. The Balaban J connectivity index is 1.48. The lowest BCUT2D eigenvalue weighted by atomic mass is 9.60. The molecule has 1 aliphatic rings. The number of pyridine rings is 3. The second-order valence-electron chi connectivity index (χ2n) is 7.29. The molecule has 1 fully saturated rings. The standard InChI is InChI=1S/C22H21BN4O/c23-22(16-18-4-1-2-10-25-18)8-14-27(15-9-22)21(28)19-5-3-11-26-20(19)17-6-12-24-13-7-17/h1-7,10-13H,8-9,14-16H2. The fourth-order valence-corrected chi connectivity index (χ4v) is 3.68. The van der Waals surface area contributed by atoms with Gasteiger partial charge < -0.3 is 4.90 Å². The summed E-state index contributed by atoms with van der Waals surface area (Å²) in [5.74, 6) is -0.000187. The highest BCUT2D eigenvalue weighted by Gasteiger charge is 2.33. The quantitative estimate of drug-likeness (QED) is 0.663. The van der Waals surface area contributed by atoms with E-state index in [1.54, 1.807) is 30.9 Å². The van der Waals surface area contributed by atoms with Crippen molar-refractivity contribution in [1.82, 2.24) is 19.9 Å². The topological polar surface area (TPSA) is 59.0 Å². The molecule has 6 heteroatoms. The highest BCUT2D eigenvalue weighted by Crippen LogP contribution is 2.39. The third-order valence-corrected chi connectivity index (χ3v) is 5.30. The van der Waals surface area contributed by atoms with Crippen LogP contribution in [0.15, 0.2) is 67.3 Å². The van der Waals surface area contributed by atoms with Crippen LogP contribution in [-0.2, 0) is 6.42 Å². The summed E-state index contributed by atoms with van der Waals surface area (Å²) in [5.41, 5.74) is 3.19. The monoisotopic (exact) mass is 368 g/mol. The Morgan fingerprint density at radius 2 is 1.71 bits per heavy atom. The number of carbonyl (C=O) groups is 1. The molecule has 3 aromatic heterocycles. The fraction of sp³-hybridized carbons (Fsp3) is 0.273. The van der Waals surface area contributed by atoms with Gasteiger partial charge in [0.2, 0.25) is 0 Å². The molecule has 5 nitrogen and oxygen atoms in total. The van der Waals surface area contributed by atoms with E-state index in [1.807, 2.05) is 41.3 Å². The zero-order valence-electron chi connectivity index (χ0n) is 15.7. The fourth-order valence-electron chi connectivity index (χ4n) is 3.68. The van der Waals surface area contributed by atoms with E-state index in [1.165, 1.54) is 0 Å². The van der Waals surface area contributed by atoms with Crippen molar-refractivity contribution < 1.29 is 4.79 Å². The molecule has 4 rings (SSSR count). The van der Waals surface area contributed by atoms with Crippen LogP contribution in [0.4, 0.5) is 0 Å². The normalized spacial score (nSPS) is 15.9. The van der Waals surface area contributed by atoms with E-state index in [9.17, 15) is 4.79 Å². The Morgan fingerprint density at radius 1 is 0.964 bits per heavy atom. The molecule has 0 aromatic carbocycles. The largest absolute Gasteiger partial charge is 0.339 e. The van der Waals surface area contributed by atoms with Gasteiger partial charge in [0.15, 0.2) is 0 Å². The molecule has 0 bridgehead atoms. The summed E-state index contributed by atoms with van der Waals surface area (Å²) in [6.45, 7) is 1.26. The van der Waals surface area contributed by atoms with Crippen LogP contribution < -0.4 is 0 Å². The van der Waals surface area contributed by atoms with Gasteiger partial charge in [-0.15, -0.1) is 0 Å². The predicted molar refractivity (Wildman–Crippen MR) is 109 cm³/mol. The van der Waals surface area contributed by atoms with Crippen LogP contribution in [0, 0.1) is 0 Å². The second-order valence-corrected chi connectivity index (χ2v) is 7.29. The van der Waals surface area contributed by atoms with E-state index in [-0.39, 0.29) is 11.2 Å². The summed E-state index contributed by atoms with van der Waals surface area (Å²) in [6.07, 6.45) is 9.14. The van der Waals surface area contributed by atoms with Gasteiger partial charge in [0.1, 0.15) is 0 Å². The summed E-state index contributed by atoms with van der Waals surface area (Å²) in [4.78, 5) is 27.9. The lowest BCUT2D eigenvalue weighted by Gasteiger charge is -2.40. The van der Waals surface area contributed by atoms with Gasteiger partial charge in [0.25, 0.3) is 5.91 Å². The van der Waals surface area contributed by atoms with Crippen LogP contribution in [0.2, 0.25) is 5.31 Å². The number of nitrogens with zero attached hydrogens (tertiary/aromatic N) is 4. The summed E-state index contributed by atoms with van der Waals surface area (Å²) < 4.78 is 0. The molecular formula is C22H21BN4O. The number of piperidine rings is 1. The molecule has 0 atom stereocenters. The van der Waals surface area contributed by atoms with Crippen molar-refractivity contribution >= 4 is 13.8 Å². The maximum atomic E-state index is 13.2. The van der Waals surface area contributed by atoms with Crippen LogP contribution >= 0.6 is 0 Å². The molecule has 1 aliphatic heterocycles. The van der Waals surface area contributed by atoms with Crippen LogP contribution in [0.3, 0.4) is 0 Å². The SMILES string of the molecule is [B]C1(Cc2ccccn2)CCN(C(=O)c2cccnc2-c2ccncc2)CC1. The first kappa shape index (κ1) is 18.4. The highest BCUT2D eigenvalue weighted by molar-refractivity contribution is 6.15. The van der Waals surface area contributed by atoms with Crippen LogP contribution in [0.5, 0.6) is 0 Å². The van der Waals surface area contributed by atoms with Gasteiger partial charge in [-0.25, -0.2) is 0 Å². The summed E-state index contributed by atoms with van der Waals surface area (Å²) >= 11 is 0. The molecule has 1 amide bonds. The molecule has 0 unspecified atom stereocenters. The molecule has 0 spiro atoms. The number of rotatable bonds is 4. The minimum Gasteiger partial charge on any atom is -0.339 e.